The highest BCUT2D eigenvalue weighted by Crippen LogP contribution is 2.35. The van der Waals surface area contributed by atoms with Gasteiger partial charge < -0.3 is 15.1 Å². The summed E-state index contributed by atoms with van der Waals surface area (Å²) in [6.07, 6.45) is 0.658. The van der Waals surface area contributed by atoms with E-state index >= 15 is 0 Å². The minimum atomic E-state index is -3.33. The lowest BCUT2D eigenvalue weighted by Gasteiger charge is -2.34. The van der Waals surface area contributed by atoms with E-state index in [9.17, 15) is 23.4 Å². The van der Waals surface area contributed by atoms with Crippen LogP contribution in [0.25, 0.3) is 0 Å². The van der Waals surface area contributed by atoms with E-state index in [4.69, 9.17) is 4.84 Å². The van der Waals surface area contributed by atoms with Crippen molar-refractivity contribution in [2.45, 2.75) is 70.7 Å². The van der Waals surface area contributed by atoms with Gasteiger partial charge in [-0.15, -0.1) is 0 Å². The van der Waals surface area contributed by atoms with Gasteiger partial charge in [-0.05, 0) is 26.7 Å². The van der Waals surface area contributed by atoms with Crippen molar-refractivity contribution in [3.8, 4) is 0 Å². The highest BCUT2D eigenvalue weighted by molar-refractivity contribution is 7.91. The van der Waals surface area contributed by atoms with E-state index in [0.717, 1.165) is 0 Å². The van der Waals surface area contributed by atoms with Crippen molar-refractivity contribution in [3.05, 3.63) is 11.3 Å². The fourth-order valence-electron chi connectivity index (χ4n) is 3.02. The zero-order valence-corrected chi connectivity index (χ0v) is 16.2. The van der Waals surface area contributed by atoms with Crippen molar-refractivity contribution in [2.75, 3.05) is 12.4 Å². The number of carbonyl (C=O) groups is 1. The maximum absolute atomic E-state index is 12.5. The molecule has 0 heterocycles. The molecule has 0 aromatic carbocycles. The summed E-state index contributed by atoms with van der Waals surface area (Å²) in [6, 6.07) is 0. The Labute approximate surface area is 149 Å². The van der Waals surface area contributed by atoms with Gasteiger partial charge in [-0.1, -0.05) is 25.4 Å². The summed E-state index contributed by atoms with van der Waals surface area (Å²) in [6.45, 7) is 7.07. The van der Waals surface area contributed by atoms with Crippen LogP contribution in [0.4, 0.5) is 0 Å². The smallest absolute Gasteiger partial charge is 0.171 e. The summed E-state index contributed by atoms with van der Waals surface area (Å²) in [5.41, 5.74) is -1.12. The fraction of sp³-hybridized carbons (Fsp3) is 0.765. The van der Waals surface area contributed by atoms with Crippen molar-refractivity contribution < 1.29 is 28.3 Å². The van der Waals surface area contributed by atoms with Crippen LogP contribution in [0.5, 0.6) is 0 Å². The van der Waals surface area contributed by atoms with Gasteiger partial charge in [0, 0.05) is 18.6 Å². The quantitative estimate of drug-likeness (QED) is 0.472. The van der Waals surface area contributed by atoms with Crippen LogP contribution in [0.2, 0.25) is 0 Å². The van der Waals surface area contributed by atoms with Crippen LogP contribution in [0, 0.1) is 0 Å². The third-order valence-corrected chi connectivity index (χ3v) is 6.51. The van der Waals surface area contributed by atoms with Gasteiger partial charge in [-0.3, -0.25) is 4.79 Å². The maximum atomic E-state index is 12.5. The Bertz CT molecular complexity index is 652. The SMILES string of the molecule is CCC/C(=N\OCC)C1=C(O)CC(O)(CC(C)S(=O)(=O)CC)CC1=O. The standard InChI is InChI=1S/C17H29NO6S/c1-5-8-13(18-24-6-2)16-14(19)10-17(21,11-15(16)20)9-12(4)25(22,23)7-3/h12,19,21H,5-11H2,1-4H3/b18-13+. The van der Waals surface area contributed by atoms with Gasteiger partial charge in [0.25, 0.3) is 0 Å². The van der Waals surface area contributed by atoms with Crippen LogP contribution in [-0.2, 0) is 19.5 Å². The summed E-state index contributed by atoms with van der Waals surface area (Å²) >= 11 is 0. The Hall–Kier alpha value is -1.41. The minimum Gasteiger partial charge on any atom is -0.511 e. The third kappa shape index (κ3) is 5.54. The number of Topliss-reactive ketones (excluding diaryl/α,β-unsaturated/α-hetero) is 1. The molecule has 0 fully saturated rings. The molecule has 144 valence electrons. The lowest BCUT2D eigenvalue weighted by molar-refractivity contribution is -0.122. The van der Waals surface area contributed by atoms with Crippen LogP contribution in [0.1, 0.15) is 59.8 Å². The Morgan fingerprint density at radius 3 is 2.44 bits per heavy atom. The first-order valence-corrected chi connectivity index (χ1v) is 10.4. The minimum absolute atomic E-state index is 0.0348. The summed E-state index contributed by atoms with van der Waals surface area (Å²) < 4.78 is 23.9. The van der Waals surface area contributed by atoms with Gasteiger partial charge in [-0.25, -0.2) is 8.42 Å². The van der Waals surface area contributed by atoms with Crippen LogP contribution >= 0.6 is 0 Å². The normalized spacial score (nSPS) is 23.7. The molecule has 0 aromatic heterocycles. The van der Waals surface area contributed by atoms with Gasteiger partial charge in [0.05, 0.1) is 22.1 Å². The first-order chi connectivity index (χ1) is 11.6. The van der Waals surface area contributed by atoms with Gasteiger partial charge in [0.2, 0.25) is 0 Å². The summed E-state index contributed by atoms with van der Waals surface area (Å²) in [4.78, 5) is 17.6. The molecule has 2 N–H and O–H groups in total. The molecule has 0 saturated heterocycles. The second kappa shape index (κ2) is 8.80. The molecule has 25 heavy (non-hydrogen) atoms. The van der Waals surface area contributed by atoms with E-state index in [2.05, 4.69) is 5.16 Å². The van der Waals surface area contributed by atoms with Crippen molar-refractivity contribution in [2.24, 2.45) is 5.16 Å². The highest BCUT2D eigenvalue weighted by Gasteiger charge is 2.42. The van der Waals surface area contributed by atoms with Gasteiger partial charge in [-0.2, -0.15) is 0 Å². The molecule has 2 unspecified atom stereocenters. The van der Waals surface area contributed by atoms with Gasteiger partial charge in [0.15, 0.2) is 15.6 Å². The molecular formula is C17H29NO6S. The Morgan fingerprint density at radius 1 is 1.32 bits per heavy atom. The van der Waals surface area contributed by atoms with Crippen molar-refractivity contribution in [3.63, 3.8) is 0 Å². The Balaban J connectivity index is 3.10. The third-order valence-electron chi connectivity index (χ3n) is 4.32. The van der Waals surface area contributed by atoms with E-state index in [-0.39, 0.29) is 36.3 Å². The molecule has 1 aliphatic carbocycles. The second-order valence-electron chi connectivity index (χ2n) is 6.49. The molecule has 0 aromatic rings. The number of allylic oxidation sites excluding steroid dienone is 1. The number of rotatable bonds is 9. The molecule has 0 radical (unpaired) electrons. The first-order valence-electron chi connectivity index (χ1n) is 8.68. The molecule has 0 amide bonds. The van der Waals surface area contributed by atoms with E-state index in [0.29, 0.717) is 25.2 Å². The van der Waals surface area contributed by atoms with Crippen LogP contribution in [-0.4, -0.2) is 53.3 Å². The van der Waals surface area contributed by atoms with Crippen LogP contribution in [0.3, 0.4) is 0 Å². The second-order valence-corrected chi connectivity index (χ2v) is 9.20. The van der Waals surface area contributed by atoms with Crippen molar-refractivity contribution in [1.82, 2.24) is 0 Å². The molecule has 0 saturated carbocycles. The molecule has 1 rings (SSSR count). The van der Waals surface area contributed by atoms with E-state index in [1.54, 1.807) is 13.8 Å². The molecule has 2 atom stereocenters. The van der Waals surface area contributed by atoms with Crippen molar-refractivity contribution >= 4 is 21.3 Å². The molecule has 7 nitrogen and oxygen atoms in total. The number of aliphatic hydroxyl groups excluding tert-OH is 1. The fourth-order valence-corrected chi connectivity index (χ4v) is 4.16. The van der Waals surface area contributed by atoms with E-state index in [1.807, 2.05) is 6.92 Å². The number of sulfone groups is 1. The predicted octanol–water partition coefficient (Wildman–Crippen LogP) is 2.30. The summed E-state index contributed by atoms with van der Waals surface area (Å²) in [7, 11) is -3.33. The number of ketones is 1. The molecule has 0 spiro atoms. The number of aliphatic hydroxyl groups is 2. The zero-order chi connectivity index (χ0) is 19.3. The van der Waals surface area contributed by atoms with Gasteiger partial charge >= 0.3 is 0 Å². The molecular weight excluding hydrogens is 346 g/mol. The van der Waals surface area contributed by atoms with Gasteiger partial charge in [0.1, 0.15) is 12.4 Å². The van der Waals surface area contributed by atoms with E-state index in [1.165, 1.54) is 6.92 Å². The number of carbonyl (C=O) groups excluding carboxylic acids is 1. The highest BCUT2D eigenvalue weighted by atomic mass is 32.2. The first kappa shape index (κ1) is 21.6. The monoisotopic (exact) mass is 375 g/mol. The Morgan fingerprint density at radius 2 is 1.96 bits per heavy atom. The Kier molecular flexibility index (Phi) is 7.62. The largest absolute Gasteiger partial charge is 0.511 e. The lowest BCUT2D eigenvalue weighted by atomic mass is 9.78. The lowest BCUT2D eigenvalue weighted by Crippen LogP contribution is -2.42. The zero-order valence-electron chi connectivity index (χ0n) is 15.4. The number of hydrogen-bond donors (Lipinski definition) is 2. The average Bonchev–Trinajstić information content (AvgIpc) is 2.51. The molecule has 1 aliphatic rings. The molecule has 0 bridgehead atoms. The molecule has 0 aliphatic heterocycles. The molecule has 8 heteroatoms. The number of oxime groups is 1. The number of nitrogens with zero attached hydrogens (tertiary/aromatic N) is 1. The van der Waals surface area contributed by atoms with E-state index < -0.39 is 26.5 Å². The van der Waals surface area contributed by atoms with Crippen molar-refractivity contribution in [1.29, 1.82) is 0 Å². The summed E-state index contributed by atoms with van der Waals surface area (Å²) in [5, 5.41) is 24.2. The van der Waals surface area contributed by atoms with Crippen LogP contribution in [0.15, 0.2) is 16.5 Å². The predicted molar refractivity (Wildman–Crippen MR) is 96.4 cm³/mol. The number of hydrogen-bond acceptors (Lipinski definition) is 7. The topological polar surface area (TPSA) is 113 Å². The average molecular weight is 375 g/mol. The maximum Gasteiger partial charge on any atom is 0.171 e. The van der Waals surface area contributed by atoms with Crippen LogP contribution < -0.4 is 0 Å². The summed E-state index contributed by atoms with van der Waals surface area (Å²) in [5.74, 6) is -0.738.